The number of likely N-dealkylation sites (N-methyl/N-ethyl adjacent to an activating group) is 1. The lowest BCUT2D eigenvalue weighted by molar-refractivity contribution is 0.132. The molecule has 0 aromatic rings. The summed E-state index contributed by atoms with van der Waals surface area (Å²) in [7, 11) is 0. The average Bonchev–Trinajstić information content (AvgIpc) is 2.17. The normalized spacial score (nSPS) is 18.2. The molecule has 2 atom stereocenters. The molecule has 0 spiro atoms. The Morgan fingerprint density at radius 1 is 1.31 bits per heavy atom. The van der Waals surface area contributed by atoms with Crippen molar-refractivity contribution < 1.29 is 5.11 Å². The molecular weight excluding hydrogens is 162 g/mol. The minimum atomic E-state index is -0.0375. The lowest BCUT2D eigenvalue weighted by atomic mass is 9.85. The van der Waals surface area contributed by atoms with Gasteiger partial charge in [-0.3, -0.25) is 0 Å². The van der Waals surface area contributed by atoms with Gasteiger partial charge in [0, 0.05) is 5.54 Å². The van der Waals surface area contributed by atoms with Crippen LogP contribution < -0.4 is 5.32 Å². The highest BCUT2D eigenvalue weighted by molar-refractivity contribution is 4.86. The molecule has 2 nitrogen and oxygen atoms in total. The molecule has 0 heterocycles. The third kappa shape index (κ3) is 4.10. The van der Waals surface area contributed by atoms with Gasteiger partial charge in [0.05, 0.1) is 6.61 Å². The minimum absolute atomic E-state index is 0.0375. The van der Waals surface area contributed by atoms with Gasteiger partial charge in [-0.05, 0) is 25.3 Å². The fourth-order valence-corrected chi connectivity index (χ4v) is 1.76. The molecule has 0 radical (unpaired) electrons. The Morgan fingerprint density at radius 2 is 1.92 bits per heavy atom. The van der Waals surface area contributed by atoms with Gasteiger partial charge in [-0.1, -0.05) is 34.1 Å². The van der Waals surface area contributed by atoms with Crippen LogP contribution in [0.2, 0.25) is 0 Å². The van der Waals surface area contributed by atoms with Crippen LogP contribution in [0.25, 0.3) is 0 Å². The second kappa shape index (κ2) is 6.39. The summed E-state index contributed by atoms with van der Waals surface area (Å²) in [6.45, 7) is 9.87. The Bertz CT molecular complexity index is 121. The van der Waals surface area contributed by atoms with E-state index in [4.69, 9.17) is 0 Å². The zero-order chi connectivity index (χ0) is 10.3. The Kier molecular flexibility index (Phi) is 6.35. The maximum atomic E-state index is 9.39. The summed E-state index contributed by atoms with van der Waals surface area (Å²) in [4.78, 5) is 0. The van der Waals surface area contributed by atoms with Crippen LogP contribution in [-0.2, 0) is 0 Å². The number of nitrogens with one attached hydrogen (secondary N) is 1. The third-order valence-electron chi connectivity index (χ3n) is 2.97. The van der Waals surface area contributed by atoms with Gasteiger partial charge < -0.3 is 10.4 Å². The maximum absolute atomic E-state index is 9.39. The van der Waals surface area contributed by atoms with E-state index < -0.39 is 0 Å². The lowest BCUT2D eigenvalue weighted by Gasteiger charge is -2.34. The van der Waals surface area contributed by atoms with Crippen molar-refractivity contribution in [3.8, 4) is 0 Å². The van der Waals surface area contributed by atoms with Crippen molar-refractivity contribution in [1.29, 1.82) is 0 Å². The monoisotopic (exact) mass is 187 g/mol. The fraction of sp³-hybridized carbons (Fsp3) is 1.00. The van der Waals surface area contributed by atoms with Crippen molar-refractivity contribution in [2.24, 2.45) is 5.92 Å². The second-order valence-corrected chi connectivity index (χ2v) is 4.04. The first-order valence-corrected chi connectivity index (χ1v) is 5.50. The van der Waals surface area contributed by atoms with E-state index in [2.05, 4.69) is 33.0 Å². The quantitative estimate of drug-likeness (QED) is 0.640. The number of hydrogen-bond donors (Lipinski definition) is 2. The first-order valence-electron chi connectivity index (χ1n) is 5.50. The largest absolute Gasteiger partial charge is 0.394 e. The zero-order valence-corrected chi connectivity index (χ0v) is 9.56. The molecule has 2 unspecified atom stereocenters. The molecule has 0 amide bonds. The molecule has 0 rings (SSSR count). The molecule has 0 saturated carbocycles. The predicted octanol–water partition coefficient (Wildman–Crippen LogP) is 2.17. The second-order valence-electron chi connectivity index (χ2n) is 4.04. The molecule has 0 saturated heterocycles. The minimum Gasteiger partial charge on any atom is -0.394 e. The SMILES string of the molecule is CCNC(CC)(CO)CC(C)CC. The molecule has 0 fully saturated rings. The summed E-state index contributed by atoms with van der Waals surface area (Å²) in [6, 6.07) is 0. The van der Waals surface area contributed by atoms with Gasteiger partial charge in [0.2, 0.25) is 0 Å². The van der Waals surface area contributed by atoms with E-state index in [1.807, 2.05) is 0 Å². The standard InChI is InChI=1S/C11H25NO/c1-5-10(4)8-11(6-2,9-13)12-7-3/h10,12-13H,5-9H2,1-4H3. The highest BCUT2D eigenvalue weighted by Gasteiger charge is 2.27. The summed E-state index contributed by atoms with van der Waals surface area (Å²) in [6.07, 6.45) is 3.26. The van der Waals surface area contributed by atoms with Crippen molar-refractivity contribution >= 4 is 0 Å². The number of rotatable bonds is 7. The van der Waals surface area contributed by atoms with E-state index in [9.17, 15) is 5.11 Å². The number of hydrogen-bond acceptors (Lipinski definition) is 2. The molecule has 0 aliphatic carbocycles. The van der Waals surface area contributed by atoms with Crippen molar-refractivity contribution in [2.45, 2.75) is 52.5 Å². The molecule has 0 bridgehead atoms. The molecular formula is C11H25NO. The Labute approximate surface area is 82.7 Å². The van der Waals surface area contributed by atoms with Crippen LogP contribution in [-0.4, -0.2) is 23.8 Å². The fourth-order valence-electron chi connectivity index (χ4n) is 1.76. The summed E-state index contributed by atoms with van der Waals surface area (Å²) < 4.78 is 0. The summed E-state index contributed by atoms with van der Waals surface area (Å²) in [5.41, 5.74) is -0.0375. The number of aliphatic hydroxyl groups is 1. The molecule has 0 aliphatic rings. The van der Waals surface area contributed by atoms with Crippen LogP contribution in [0.3, 0.4) is 0 Å². The van der Waals surface area contributed by atoms with Crippen molar-refractivity contribution in [2.75, 3.05) is 13.2 Å². The van der Waals surface area contributed by atoms with E-state index in [0.29, 0.717) is 5.92 Å². The Morgan fingerprint density at radius 3 is 2.23 bits per heavy atom. The lowest BCUT2D eigenvalue weighted by Crippen LogP contribution is -2.49. The first-order chi connectivity index (χ1) is 6.14. The summed E-state index contributed by atoms with van der Waals surface area (Å²) in [5, 5.41) is 12.8. The predicted molar refractivity (Wildman–Crippen MR) is 57.9 cm³/mol. The van der Waals surface area contributed by atoms with Gasteiger partial charge in [0.15, 0.2) is 0 Å². The van der Waals surface area contributed by atoms with Gasteiger partial charge in [0.25, 0.3) is 0 Å². The van der Waals surface area contributed by atoms with E-state index in [1.54, 1.807) is 0 Å². The smallest absolute Gasteiger partial charge is 0.0613 e. The zero-order valence-electron chi connectivity index (χ0n) is 9.56. The Hall–Kier alpha value is -0.0800. The van der Waals surface area contributed by atoms with Crippen LogP contribution in [0, 0.1) is 5.92 Å². The van der Waals surface area contributed by atoms with Gasteiger partial charge in [-0.25, -0.2) is 0 Å². The van der Waals surface area contributed by atoms with Crippen LogP contribution in [0.5, 0.6) is 0 Å². The summed E-state index contributed by atoms with van der Waals surface area (Å²) in [5.74, 6) is 0.686. The molecule has 0 aliphatic heterocycles. The third-order valence-corrected chi connectivity index (χ3v) is 2.97. The van der Waals surface area contributed by atoms with Crippen molar-refractivity contribution in [3.05, 3.63) is 0 Å². The summed E-state index contributed by atoms with van der Waals surface area (Å²) >= 11 is 0. The van der Waals surface area contributed by atoms with E-state index in [1.165, 1.54) is 6.42 Å². The topological polar surface area (TPSA) is 32.3 Å². The van der Waals surface area contributed by atoms with Gasteiger partial charge in [-0.15, -0.1) is 0 Å². The van der Waals surface area contributed by atoms with Gasteiger partial charge in [0.1, 0.15) is 0 Å². The first kappa shape index (κ1) is 12.9. The van der Waals surface area contributed by atoms with Gasteiger partial charge in [-0.2, -0.15) is 0 Å². The number of aliphatic hydroxyl groups excluding tert-OH is 1. The molecule has 0 aromatic heterocycles. The van der Waals surface area contributed by atoms with Crippen LogP contribution in [0.15, 0.2) is 0 Å². The molecule has 0 aromatic carbocycles. The van der Waals surface area contributed by atoms with E-state index in [0.717, 1.165) is 19.4 Å². The highest BCUT2D eigenvalue weighted by atomic mass is 16.3. The molecule has 2 heteroatoms. The van der Waals surface area contributed by atoms with E-state index >= 15 is 0 Å². The van der Waals surface area contributed by atoms with Crippen molar-refractivity contribution in [1.82, 2.24) is 5.32 Å². The average molecular weight is 187 g/mol. The van der Waals surface area contributed by atoms with Crippen molar-refractivity contribution in [3.63, 3.8) is 0 Å². The van der Waals surface area contributed by atoms with Gasteiger partial charge >= 0.3 is 0 Å². The highest BCUT2D eigenvalue weighted by Crippen LogP contribution is 2.22. The van der Waals surface area contributed by atoms with Crippen LogP contribution in [0.4, 0.5) is 0 Å². The molecule has 13 heavy (non-hydrogen) atoms. The molecule has 2 N–H and O–H groups in total. The van der Waals surface area contributed by atoms with Crippen LogP contribution >= 0.6 is 0 Å². The molecule has 80 valence electrons. The Balaban J connectivity index is 4.19. The maximum Gasteiger partial charge on any atom is 0.0613 e. The van der Waals surface area contributed by atoms with Crippen LogP contribution in [0.1, 0.15) is 47.0 Å². The van der Waals surface area contributed by atoms with E-state index in [-0.39, 0.29) is 12.1 Å².